The molecular weight excluding hydrogens is 321 g/mol. The maximum absolute atomic E-state index is 12.6. The lowest BCUT2D eigenvalue weighted by molar-refractivity contribution is -0.415. The number of halogens is 3. The molecule has 2 aliphatic rings. The first-order valence-electron chi connectivity index (χ1n) is 7.93. The Hall–Kier alpha value is -1.66. The number of carbonyl (C=O) groups excluding carboxylic acids is 1. The molecule has 130 valence electrons. The zero-order valence-corrected chi connectivity index (χ0v) is 13.5. The minimum atomic E-state index is -4.34. The van der Waals surface area contributed by atoms with Gasteiger partial charge in [-0.15, -0.1) is 0 Å². The molecule has 0 spiro atoms. The highest BCUT2D eigenvalue weighted by atomic mass is 19.4. The van der Waals surface area contributed by atoms with Gasteiger partial charge in [-0.25, -0.2) is 9.78 Å². The molecule has 0 radical (unpaired) electrons. The summed E-state index contributed by atoms with van der Waals surface area (Å²) in [5.74, 6) is 0.00375. The van der Waals surface area contributed by atoms with Gasteiger partial charge in [-0.2, -0.15) is 13.2 Å². The van der Waals surface area contributed by atoms with Crippen molar-refractivity contribution in [2.75, 3.05) is 0 Å². The van der Waals surface area contributed by atoms with Gasteiger partial charge in [0.15, 0.2) is 0 Å². The summed E-state index contributed by atoms with van der Waals surface area (Å²) in [6.07, 6.45) is 0.0635. The van der Waals surface area contributed by atoms with Gasteiger partial charge in [0, 0.05) is 18.3 Å². The highest BCUT2D eigenvalue weighted by Gasteiger charge is 2.48. The fraction of sp³-hybridized carbons (Fsp3) is 0.500. The van der Waals surface area contributed by atoms with Crippen molar-refractivity contribution in [2.24, 2.45) is 11.8 Å². The quantitative estimate of drug-likeness (QED) is 0.748. The molecule has 0 unspecified atom stereocenters. The summed E-state index contributed by atoms with van der Waals surface area (Å²) >= 11 is 0. The van der Waals surface area contributed by atoms with Gasteiger partial charge >= 0.3 is 6.18 Å². The standard InChI is InChI=1S/C18H19F3O3/c1-11-15(22)9-14-10-16(11)23-24-17(14,2)8-7-12-3-5-13(6-4-12)18(19,20)21/h3-8,11,14,16H,9-10H2,1-2H3/t11-,14+,16+,17-/m0/s1. The predicted octanol–water partition coefficient (Wildman–Crippen LogP) is 4.42. The molecule has 24 heavy (non-hydrogen) atoms. The largest absolute Gasteiger partial charge is 0.416 e. The topological polar surface area (TPSA) is 35.5 Å². The molecule has 1 saturated heterocycles. The molecule has 6 heteroatoms. The number of benzene rings is 1. The Labute approximate surface area is 138 Å². The summed E-state index contributed by atoms with van der Waals surface area (Å²) in [4.78, 5) is 22.9. The van der Waals surface area contributed by atoms with Crippen LogP contribution >= 0.6 is 0 Å². The minimum Gasteiger partial charge on any atom is -0.299 e. The number of carbonyl (C=O) groups is 1. The maximum atomic E-state index is 12.6. The SMILES string of the molecule is C[C@H]1C(=O)C[C@@H]2C[C@H]1OO[C@@]2(C)C=Cc1ccc(C(F)(F)F)cc1. The molecule has 1 heterocycles. The summed E-state index contributed by atoms with van der Waals surface area (Å²) in [6.45, 7) is 3.67. The highest BCUT2D eigenvalue weighted by Crippen LogP contribution is 2.43. The second kappa shape index (κ2) is 6.01. The first kappa shape index (κ1) is 17.2. The van der Waals surface area contributed by atoms with Crippen LogP contribution in [0.25, 0.3) is 6.08 Å². The van der Waals surface area contributed by atoms with Gasteiger partial charge in [0.05, 0.1) is 5.56 Å². The van der Waals surface area contributed by atoms with E-state index in [0.717, 1.165) is 18.6 Å². The first-order valence-corrected chi connectivity index (χ1v) is 7.93. The summed E-state index contributed by atoms with van der Waals surface area (Å²) in [6, 6.07) is 4.90. The third-order valence-corrected chi connectivity index (χ3v) is 5.04. The van der Waals surface area contributed by atoms with Crippen molar-refractivity contribution in [1.29, 1.82) is 0 Å². The van der Waals surface area contributed by atoms with Crippen LogP contribution in [0, 0.1) is 11.8 Å². The number of rotatable bonds is 2. The second-order valence-electron chi connectivity index (χ2n) is 6.75. The van der Waals surface area contributed by atoms with Gasteiger partial charge in [-0.3, -0.25) is 4.79 Å². The Morgan fingerprint density at radius 2 is 1.92 bits per heavy atom. The number of fused-ring (bicyclic) bond motifs is 2. The van der Waals surface area contributed by atoms with E-state index in [1.165, 1.54) is 12.1 Å². The van der Waals surface area contributed by atoms with Gasteiger partial charge in [0.1, 0.15) is 17.5 Å². The van der Waals surface area contributed by atoms with Crippen molar-refractivity contribution in [1.82, 2.24) is 0 Å². The molecule has 1 aliphatic carbocycles. The van der Waals surface area contributed by atoms with Gasteiger partial charge in [-0.05, 0) is 37.1 Å². The first-order chi connectivity index (χ1) is 11.2. The van der Waals surface area contributed by atoms with E-state index in [9.17, 15) is 18.0 Å². The maximum Gasteiger partial charge on any atom is 0.416 e. The lowest BCUT2D eigenvalue weighted by Crippen LogP contribution is -2.51. The van der Waals surface area contributed by atoms with Crippen LogP contribution in [0.4, 0.5) is 13.2 Å². The number of Topliss-reactive ketones (excluding diaryl/α,β-unsaturated/α-hetero) is 1. The molecule has 1 aliphatic heterocycles. The lowest BCUT2D eigenvalue weighted by Gasteiger charge is -2.45. The number of ketones is 1. The van der Waals surface area contributed by atoms with E-state index in [4.69, 9.17) is 9.78 Å². The average Bonchev–Trinajstić information content (AvgIpc) is 2.53. The molecule has 0 aromatic heterocycles. The van der Waals surface area contributed by atoms with E-state index in [2.05, 4.69) is 0 Å². The summed E-state index contributed by atoms with van der Waals surface area (Å²) in [7, 11) is 0. The zero-order chi connectivity index (χ0) is 17.5. The molecule has 3 rings (SSSR count). The minimum absolute atomic E-state index is 0.00523. The van der Waals surface area contributed by atoms with Gasteiger partial charge in [0.2, 0.25) is 0 Å². The van der Waals surface area contributed by atoms with Gasteiger partial charge < -0.3 is 0 Å². The van der Waals surface area contributed by atoms with E-state index < -0.39 is 17.3 Å². The molecule has 0 N–H and O–H groups in total. The number of hydrogen-bond donors (Lipinski definition) is 0. The smallest absolute Gasteiger partial charge is 0.299 e. The molecule has 1 saturated carbocycles. The molecule has 1 aromatic rings. The Morgan fingerprint density at radius 1 is 1.25 bits per heavy atom. The van der Waals surface area contributed by atoms with Crippen LogP contribution in [0.1, 0.15) is 37.8 Å². The highest BCUT2D eigenvalue weighted by molar-refractivity contribution is 5.82. The van der Waals surface area contributed by atoms with E-state index >= 15 is 0 Å². The third kappa shape index (κ3) is 3.26. The molecule has 1 aromatic carbocycles. The molecule has 2 fully saturated rings. The van der Waals surface area contributed by atoms with Crippen molar-refractivity contribution in [3.63, 3.8) is 0 Å². The van der Waals surface area contributed by atoms with Crippen LogP contribution < -0.4 is 0 Å². The van der Waals surface area contributed by atoms with Gasteiger partial charge in [-0.1, -0.05) is 25.1 Å². The van der Waals surface area contributed by atoms with Crippen LogP contribution in [-0.4, -0.2) is 17.5 Å². The Balaban J connectivity index is 1.75. The van der Waals surface area contributed by atoms with Crippen LogP contribution in [-0.2, 0) is 20.7 Å². The van der Waals surface area contributed by atoms with Crippen LogP contribution in [0.5, 0.6) is 0 Å². The van der Waals surface area contributed by atoms with E-state index in [1.54, 1.807) is 12.2 Å². The van der Waals surface area contributed by atoms with Crippen molar-refractivity contribution in [3.05, 3.63) is 41.5 Å². The van der Waals surface area contributed by atoms with Crippen molar-refractivity contribution < 1.29 is 27.7 Å². The third-order valence-electron chi connectivity index (χ3n) is 5.04. The number of hydrogen-bond acceptors (Lipinski definition) is 3. The summed E-state index contributed by atoms with van der Waals surface area (Å²) in [5.41, 5.74) is -0.821. The second-order valence-corrected chi connectivity index (χ2v) is 6.75. The van der Waals surface area contributed by atoms with Crippen LogP contribution in [0.3, 0.4) is 0 Å². The van der Waals surface area contributed by atoms with E-state index in [1.807, 2.05) is 13.8 Å². The zero-order valence-electron chi connectivity index (χ0n) is 13.5. The summed E-state index contributed by atoms with van der Waals surface area (Å²) in [5, 5.41) is 0. The predicted molar refractivity (Wildman–Crippen MR) is 81.7 cm³/mol. The normalized spacial score (nSPS) is 33.9. The van der Waals surface area contributed by atoms with Crippen molar-refractivity contribution in [3.8, 4) is 0 Å². The Morgan fingerprint density at radius 3 is 2.54 bits per heavy atom. The monoisotopic (exact) mass is 340 g/mol. The average molecular weight is 340 g/mol. The summed E-state index contributed by atoms with van der Waals surface area (Å²) < 4.78 is 37.7. The molecule has 4 atom stereocenters. The van der Waals surface area contributed by atoms with E-state index in [0.29, 0.717) is 12.0 Å². The fourth-order valence-corrected chi connectivity index (χ4v) is 3.21. The molecule has 0 amide bonds. The fourth-order valence-electron chi connectivity index (χ4n) is 3.21. The molecule has 2 bridgehead atoms. The molecular formula is C18H19F3O3. The Bertz CT molecular complexity index is 650. The molecule has 3 nitrogen and oxygen atoms in total. The number of alkyl halides is 3. The van der Waals surface area contributed by atoms with Crippen molar-refractivity contribution in [2.45, 2.75) is 44.6 Å². The van der Waals surface area contributed by atoms with E-state index in [-0.39, 0.29) is 23.7 Å². The van der Waals surface area contributed by atoms with Crippen LogP contribution in [0.15, 0.2) is 30.3 Å². The van der Waals surface area contributed by atoms with Crippen molar-refractivity contribution >= 4 is 11.9 Å². The van der Waals surface area contributed by atoms with Gasteiger partial charge in [0.25, 0.3) is 0 Å². The lowest BCUT2D eigenvalue weighted by atomic mass is 9.71. The van der Waals surface area contributed by atoms with Crippen LogP contribution in [0.2, 0.25) is 0 Å². The Kier molecular flexibility index (Phi) is 4.30.